The van der Waals surface area contributed by atoms with Gasteiger partial charge in [-0.2, -0.15) is 0 Å². The van der Waals surface area contributed by atoms with Crippen molar-refractivity contribution in [3.05, 3.63) is 24.0 Å². The first-order chi connectivity index (χ1) is 6.50. The number of benzene rings is 1. The van der Waals surface area contributed by atoms with Crippen molar-refractivity contribution in [1.82, 2.24) is 0 Å². The Morgan fingerprint density at radius 2 is 2.29 bits per heavy atom. The minimum atomic E-state index is -1.27. The van der Waals surface area contributed by atoms with E-state index in [-0.39, 0.29) is 11.4 Å². The van der Waals surface area contributed by atoms with Crippen LogP contribution in [-0.2, 0) is 4.79 Å². The van der Waals surface area contributed by atoms with Gasteiger partial charge in [-0.1, -0.05) is 0 Å². The molecule has 1 aromatic carbocycles. The molecule has 0 aliphatic rings. The molecule has 0 aromatic heterocycles. The first kappa shape index (κ1) is 10.5. The zero-order valence-electron chi connectivity index (χ0n) is 7.53. The van der Waals surface area contributed by atoms with Crippen molar-refractivity contribution in [2.75, 3.05) is 5.73 Å². The fourth-order valence-electron chi connectivity index (χ4n) is 0.790. The van der Waals surface area contributed by atoms with Crippen molar-refractivity contribution in [2.45, 2.75) is 13.0 Å². The van der Waals surface area contributed by atoms with Crippen LogP contribution in [0.4, 0.5) is 10.1 Å². The van der Waals surface area contributed by atoms with Crippen LogP contribution in [0, 0.1) is 5.82 Å². The van der Waals surface area contributed by atoms with Crippen molar-refractivity contribution in [3.63, 3.8) is 0 Å². The first-order valence-electron chi connectivity index (χ1n) is 3.95. The number of nitrogens with two attached hydrogens (primary N) is 1. The van der Waals surface area contributed by atoms with E-state index in [2.05, 4.69) is 4.74 Å². The van der Waals surface area contributed by atoms with E-state index in [1.807, 2.05) is 0 Å². The SMILES string of the molecule is CC(O)C(=O)Oc1cc(F)ccc1N. The van der Waals surface area contributed by atoms with Crippen LogP contribution < -0.4 is 10.5 Å². The van der Waals surface area contributed by atoms with Crippen molar-refractivity contribution in [3.8, 4) is 5.75 Å². The summed E-state index contributed by atoms with van der Waals surface area (Å²) in [5.41, 5.74) is 5.55. The second-order valence-electron chi connectivity index (χ2n) is 2.78. The second-order valence-corrected chi connectivity index (χ2v) is 2.78. The highest BCUT2D eigenvalue weighted by atomic mass is 19.1. The van der Waals surface area contributed by atoms with E-state index in [9.17, 15) is 9.18 Å². The Bertz CT molecular complexity index is 352. The lowest BCUT2D eigenvalue weighted by Crippen LogP contribution is -2.22. The lowest BCUT2D eigenvalue weighted by molar-refractivity contribution is -0.142. The number of carbonyl (C=O) groups is 1. The molecule has 1 aromatic rings. The fourth-order valence-corrected chi connectivity index (χ4v) is 0.790. The van der Waals surface area contributed by atoms with Crippen LogP contribution in [0.25, 0.3) is 0 Å². The molecule has 0 fully saturated rings. The zero-order chi connectivity index (χ0) is 10.7. The zero-order valence-corrected chi connectivity index (χ0v) is 7.53. The van der Waals surface area contributed by atoms with Gasteiger partial charge in [0.2, 0.25) is 0 Å². The number of rotatable bonds is 2. The Balaban J connectivity index is 2.86. The maximum Gasteiger partial charge on any atom is 0.340 e. The molecule has 5 heteroatoms. The molecule has 0 amide bonds. The summed E-state index contributed by atoms with van der Waals surface area (Å²) in [6.45, 7) is 1.25. The molecule has 4 nitrogen and oxygen atoms in total. The Hall–Kier alpha value is -1.62. The van der Waals surface area contributed by atoms with Gasteiger partial charge in [-0.3, -0.25) is 0 Å². The van der Waals surface area contributed by atoms with Gasteiger partial charge in [-0.05, 0) is 19.1 Å². The molecule has 0 aliphatic heterocycles. The normalized spacial score (nSPS) is 12.2. The summed E-state index contributed by atoms with van der Waals surface area (Å²) in [7, 11) is 0. The van der Waals surface area contributed by atoms with Gasteiger partial charge >= 0.3 is 5.97 Å². The van der Waals surface area contributed by atoms with Crippen LogP contribution in [0.15, 0.2) is 18.2 Å². The molecule has 1 rings (SSSR count). The lowest BCUT2D eigenvalue weighted by Gasteiger charge is -2.08. The van der Waals surface area contributed by atoms with Gasteiger partial charge in [0.25, 0.3) is 0 Å². The second kappa shape index (κ2) is 4.06. The highest BCUT2D eigenvalue weighted by Crippen LogP contribution is 2.22. The molecule has 76 valence electrons. The number of halogens is 1. The van der Waals surface area contributed by atoms with Gasteiger partial charge in [0, 0.05) is 6.07 Å². The summed E-state index contributed by atoms with van der Waals surface area (Å²) in [6, 6.07) is 3.41. The number of hydrogen-bond donors (Lipinski definition) is 2. The lowest BCUT2D eigenvalue weighted by atomic mass is 10.3. The Morgan fingerprint density at radius 1 is 1.64 bits per heavy atom. The molecule has 0 spiro atoms. The van der Waals surface area contributed by atoms with Gasteiger partial charge in [0.1, 0.15) is 11.9 Å². The minimum Gasteiger partial charge on any atom is -0.422 e. The van der Waals surface area contributed by atoms with Gasteiger partial charge in [0.15, 0.2) is 5.75 Å². The Kier molecular flexibility index (Phi) is 3.03. The molecule has 0 radical (unpaired) electrons. The molecule has 0 saturated heterocycles. The number of hydrogen-bond acceptors (Lipinski definition) is 4. The summed E-state index contributed by atoms with van der Waals surface area (Å²) in [5, 5.41) is 8.83. The van der Waals surface area contributed by atoms with E-state index in [0.29, 0.717) is 0 Å². The average Bonchev–Trinajstić information content (AvgIpc) is 2.11. The van der Waals surface area contributed by atoms with Crippen LogP contribution in [0.2, 0.25) is 0 Å². The molecule has 3 N–H and O–H groups in total. The number of nitrogen functional groups attached to an aromatic ring is 1. The topological polar surface area (TPSA) is 72.5 Å². The Labute approximate surface area is 80.1 Å². The molecule has 0 bridgehead atoms. The van der Waals surface area contributed by atoms with E-state index in [1.165, 1.54) is 13.0 Å². The molecule has 0 saturated carbocycles. The Morgan fingerprint density at radius 3 is 2.86 bits per heavy atom. The largest absolute Gasteiger partial charge is 0.422 e. The monoisotopic (exact) mass is 199 g/mol. The maximum absolute atomic E-state index is 12.7. The van der Waals surface area contributed by atoms with Gasteiger partial charge < -0.3 is 15.6 Å². The number of carbonyl (C=O) groups excluding carboxylic acids is 1. The third-order valence-electron chi connectivity index (χ3n) is 1.53. The number of aliphatic hydroxyl groups excluding tert-OH is 1. The van der Waals surface area contributed by atoms with Crippen LogP contribution in [0.3, 0.4) is 0 Å². The van der Waals surface area contributed by atoms with Crippen LogP contribution >= 0.6 is 0 Å². The standard InChI is InChI=1S/C9H10FNO3/c1-5(12)9(13)14-8-4-6(10)2-3-7(8)11/h2-5,12H,11H2,1H3. The van der Waals surface area contributed by atoms with E-state index in [1.54, 1.807) is 0 Å². The van der Waals surface area contributed by atoms with E-state index in [4.69, 9.17) is 10.8 Å². The number of anilines is 1. The predicted molar refractivity (Wildman–Crippen MR) is 48.1 cm³/mol. The average molecular weight is 199 g/mol. The van der Waals surface area contributed by atoms with Crippen LogP contribution in [-0.4, -0.2) is 17.2 Å². The summed E-state index contributed by atoms with van der Waals surface area (Å²) in [5.74, 6) is -1.52. The summed E-state index contributed by atoms with van der Waals surface area (Å²) < 4.78 is 17.3. The highest BCUT2D eigenvalue weighted by Gasteiger charge is 2.13. The van der Waals surface area contributed by atoms with Crippen LogP contribution in [0.1, 0.15) is 6.92 Å². The van der Waals surface area contributed by atoms with Crippen molar-refractivity contribution in [2.24, 2.45) is 0 Å². The van der Waals surface area contributed by atoms with E-state index in [0.717, 1.165) is 12.1 Å². The highest BCUT2D eigenvalue weighted by molar-refractivity contribution is 5.78. The number of aliphatic hydroxyl groups is 1. The molecule has 1 atom stereocenters. The van der Waals surface area contributed by atoms with Gasteiger partial charge in [0.05, 0.1) is 5.69 Å². The molecule has 1 unspecified atom stereocenters. The third-order valence-corrected chi connectivity index (χ3v) is 1.53. The van der Waals surface area contributed by atoms with E-state index < -0.39 is 17.9 Å². The molecular weight excluding hydrogens is 189 g/mol. The molecule has 0 aliphatic carbocycles. The van der Waals surface area contributed by atoms with Crippen molar-refractivity contribution in [1.29, 1.82) is 0 Å². The van der Waals surface area contributed by atoms with Gasteiger partial charge in [-0.25, -0.2) is 9.18 Å². The molecular formula is C9H10FNO3. The first-order valence-corrected chi connectivity index (χ1v) is 3.95. The maximum atomic E-state index is 12.7. The number of ether oxygens (including phenoxy) is 1. The smallest absolute Gasteiger partial charge is 0.340 e. The third kappa shape index (κ3) is 2.43. The predicted octanol–water partition coefficient (Wildman–Crippen LogP) is 0.694. The quantitative estimate of drug-likeness (QED) is 0.417. The summed E-state index contributed by atoms with van der Waals surface area (Å²) in [6.07, 6.45) is -1.27. The summed E-state index contributed by atoms with van der Waals surface area (Å²) in [4.78, 5) is 10.9. The van der Waals surface area contributed by atoms with Gasteiger partial charge in [-0.15, -0.1) is 0 Å². The summed E-state index contributed by atoms with van der Waals surface area (Å²) >= 11 is 0. The minimum absolute atomic E-state index is 0.0871. The van der Waals surface area contributed by atoms with Crippen LogP contribution in [0.5, 0.6) is 5.75 Å². The van der Waals surface area contributed by atoms with Crippen molar-refractivity contribution < 1.29 is 19.0 Å². The molecule has 14 heavy (non-hydrogen) atoms. The molecule has 0 heterocycles. The van der Waals surface area contributed by atoms with E-state index >= 15 is 0 Å². The van der Waals surface area contributed by atoms with Crippen molar-refractivity contribution >= 4 is 11.7 Å². The number of esters is 1. The fraction of sp³-hybridized carbons (Fsp3) is 0.222.